The van der Waals surface area contributed by atoms with Gasteiger partial charge in [-0.25, -0.2) is 0 Å². The van der Waals surface area contributed by atoms with Gasteiger partial charge in [0, 0.05) is 0 Å². The molecular weight excluding hydrogens is 214 g/mol. The fourth-order valence-electron chi connectivity index (χ4n) is 2.17. The summed E-state index contributed by atoms with van der Waals surface area (Å²) in [5, 5.41) is 18.4. The lowest BCUT2D eigenvalue weighted by molar-refractivity contribution is 0.00687. The Labute approximate surface area is 102 Å². The quantitative estimate of drug-likeness (QED) is 0.869. The molecule has 0 bridgehead atoms. The van der Waals surface area contributed by atoms with Crippen LogP contribution in [0, 0.1) is 11.3 Å². The van der Waals surface area contributed by atoms with Crippen LogP contribution in [-0.4, -0.2) is 17.3 Å². The molecule has 0 aliphatic heterocycles. The van der Waals surface area contributed by atoms with Crippen LogP contribution >= 0.6 is 0 Å². The molecule has 1 fully saturated rings. The molecule has 2 rings (SSSR count). The molecule has 0 radical (unpaired) electrons. The van der Waals surface area contributed by atoms with Gasteiger partial charge in [0.25, 0.3) is 0 Å². The number of hydrogen-bond donors (Lipinski definition) is 1. The summed E-state index contributed by atoms with van der Waals surface area (Å²) in [6.07, 6.45) is 3.95. The Balaban J connectivity index is 1.96. The molecule has 1 saturated carbocycles. The van der Waals surface area contributed by atoms with E-state index in [1.54, 1.807) is 0 Å². The van der Waals surface area contributed by atoms with Crippen LogP contribution in [0.3, 0.4) is 0 Å². The van der Waals surface area contributed by atoms with Crippen LogP contribution in [0.2, 0.25) is 0 Å². The van der Waals surface area contributed by atoms with Crippen LogP contribution in [0.4, 0.5) is 0 Å². The Morgan fingerprint density at radius 2 is 1.94 bits per heavy atom. The fourth-order valence-corrected chi connectivity index (χ4v) is 2.17. The average Bonchev–Trinajstić information content (AvgIpc) is 2.35. The lowest BCUT2D eigenvalue weighted by Crippen LogP contribution is -2.34. The van der Waals surface area contributed by atoms with Crippen LogP contribution in [0.25, 0.3) is 0 Å². The number of benzene rings is 1. The lowest BCUT2D eigenvalue weighted by atomic mass is 9.95. The largest absolute Gasteiger partial charge is 0.488 e. The van der Waals surface area contributed by atoms with Crippen molar-refractivity contribution >= 4 is 0 Å². The molecule has 1 aromatic carbocycles. The van der Waals surface area contributed by atoms with Gasteiger partial charge in [0.15, 0.2) is 0 Å². The molecule has 0 spiro atoms. The summed E-state index contributed by atoms with van der Waals surface area (Å²) in [5.41, 5.74) is 0.990. The van der Waals surface area contributed by atoms with E-state index in [0.717, 1.165) is 37.0 Å². The van der Waals surface area contributed by atoms with Crippen molar-refractivity contribution in [3.63, 3.8) is 0 Å². The van der Waals surface area contributed by atoms with Crippen molar-refractivity contribution in [3.8, 4) is 11.8 Å². The van der Waals surface area contributed by atoms with E-state index >= 15 is 0 Å². The first kappa shape index (κ1) is 11.9. The fraction of sp³-hybridized carbons (Fsp3) is 0.500. The van der Waals surface area contributed by atoms with E-state index in [9.17, 15) is 5.11 Å². The Hall–Kier alpha value is -1.53. The molecular formula is C14H17NO2. The molecule has 1 aromatic rings. The van der Waals surface area contributed by atoms with E-state index in [1.165, 1.54) is 0 Å². The van der Waals surface area contributed by atoms with Crippen molar-refractivity contribution in [3.05, 3.63) is 29.8 Å². The zero-order valence-corrected chi connectivity index (χ0v) is 9.80. The summed E-state index contributed by atoms with van der Waals surface area (Å²) in [5.74, 6) is 0.776. The molecule has 0 aromatic heterocycles. The summed E-state index contributed by atoms with van der Waals surface area (Å²) in [6.45, 7) is 0. The molecule has 0 heterocycles. The van der Waals surface area contributed by atoms with Gasteiger partial charge in [-0.15, -0.1) is 0 Å². The summed E-state index contributed by atoms with van der Waals surface area (Å²) < 4.78 is 5.77. The lowest BCUT2D eigenvalue weighted by Gasteiger charge is -2.28. The maximum absolute atomic E-state index is 9.80. The number of aliphatic hydroxyl groups is 1. The van der Waals surface area contributed by atoms with Gasteiger partial charge in [-0.05, 0) is 37.0 Å². The van der Waals surface area contributed by atoms with Crippen molar-refractivity contribution in [1.82, 2.24) is 0 Å². The molecule has 0 saturated heterocycles. The summed E-state index contributed by atoms with van der Waals surface area (Å²) >= 11 is 0. The molecule has 1 N–H and O–H groups in total. The van der Waals surface area contributed by atoms with Crippen molar-refractivity contribution in [2.75, 3.05) is 0 Å². The number of nitrogens with zero attached hydrogens (tertiary/aromatic N) is 1. The topological polar surface area (TPSA) is 53.2 Å². The van der Waals surface area contributed by atoms with Gasteiger partial charge in [-0.1, -0.05) is 18.6 Å². The smallest absolute Gasteiger partial charge is 0.124 e. The van der Waals surface area contributed by atoms with Gasteiger partial charge in [-0.3, -0.25) is 0 Å². The SMILES string of the molecule is N#CCc1ccc(OC2CCCCC2O)cc1. The number of rotatable bonds is 3. The second-order valence-corrected chi connectivity index (χ2v) is 4.49. The summed E-state index contributed by atoms with van der Waals surface area (Å²) in [6, 6.07) is 9.64. The molecule has 17 heavy (non-hydrogen) atoms. The minimum Gasteiger partial charge on any atom is -0.488 e. The number of ether oxygens (including phenoxy) is 1. The molecule has 3 heteroatoms. The first-order valence-corrected chi connectivity index (χ1v) is 6.10. The maximum atomic E-state index is 9.80. The first-order valence-electron chi connectivity index (χ1n) is 6.10. The van der Waals surface area contributed by atoms with Crippen LogP contribution in [-0.2, 0) is 6.42 Å². The molecule has 2 atom stereocenters. The molecule has 3 nitrogen and oxygen atoms in total. The van der Waals surface area contributed by atoms with Gasteiger partial charge >= 0.3 is 0 Å². The third-order valence-electron chi connectivity index (χ3n) is 3.16. The minimum absolute atomic E-state index is 0.0782. The first-order chi connectivity index (χ1) is 8.29. The second-order valence-electron chi connectivity index (χ2n) is 4.49. The van der Waals surface area contributed by atoms with Crippen molar-refractivity contribution in [1.29, 1.82) is 5.26 Å². The van der Waals surface area contributed by atoms with E-state index in [1.807, 2.05) is 24.3 Å². The van der Waals surface area contributed by atoms with Gasteiger partial charge in [0.05, 0.1) is 18.6 Å². The predicted molar refractivity (Wildman–Crippen MR) is 64.6 cm³/mol. The third-order valence-corrected chi connectivity index (χ3v) is 3.16. The van der Waals surface area contributed by atoms with Crippen LogP contribution in [0.1, 0.15) is 31.2 Å². The molecule has 2 unspecified atom stereocenters. The van der Waals surface area contributed by atoms with E-state index in [0.29, 0.717) is 6.42 Å². The third kappa shape index (κ3) is 3.21. The number of hydrogen-bond acceptors (Lipinski definition) is 3. The van der Waals surface area contributed by atoms with E-state index in [4.69, 9.17) is 10.00 Å². The standard InChI is InChI=1S/C14H17NO2/c15-10-9-11-5-7-12(8-6-11)17-14-4-2-1-3-13(14)16/h5-8,13-14,16H,1-4,9H2. The second kappa shape index (κ2) is 5.70. The zero-order valence-electron chi connectivity index (χ0n) is 9.80. The summed E-state index contributed by atoms with van der Waals surface area (Å²) in [4.78, 5) is 0. The highest BCUT2D eigenvalue weighted by molar-refractivity contribution is 5.29. The number of aliphatic hydroxyl groups excluding tert-OH is 1. The molecule has 1 aliphatic carbocycles. The zero-order chi connectivity index (χ0) is 12.1. The Morgan fingerprint density at radius 1 is 1.24 bits per heavy atom. The van der Waals surface area contributed by atoms with Gasteiger partial charge < -0.3 is 9.84 Å². The minimum atomic E-state index is -0.345. The average molecular weight is 231 g/mol. The molecule has 90 valence electrons. The van der Waals surface area contributed by atoms with Crippen LogP contribution in [0.5, 0.6) is 5.75 Å². The number of nitriles is 1. The molecule has 0 amide bonds. The van der Waals surface area contributed by atoms with E-state index in [-0.39, 0.29) is 12.2 Å². The van der Waals surface area contributed by atoms with Gasteiger partial charge in [-0.2, -0.15) is 5.26 Å². The van der Waals surface area contributed by atoms with Crippen LogP contribution < -0.4 is 4.74 Å². The van der Waals surface area contributed by atoms with Crippen molar-refractivity contribution in [2.45, 2.75) is 44.3 Å². The maximum Gasteiger partial charge on any atom is 0.124 e. The summed E-state index contributed by atoms with van der Waals surface area (Å²) in [7, 11) is 0. The molecule has 1 aliphatic rings. The Morgan fingerprint density at radius 3 is 2.59 bits per heavy atom. The highest BCUT2D eigenvalue weighted by Gasteiger charge is 2.24. The normalized spacial score (nSPS) is 24.0. The predicted octanol–water partition coefficient (Wildman–Crippen LogP) is 2.43. The Bertz CT molecular complexity index is 394. The van der Waals surface area contributed by atoms with Crippen LogP contribution in [0.15, 0.2) is 24.3 Å². The van der Waals surface area contributed by atoms with Gasteiger partial charge in [0.1, 0.15) is 11.9 Å². The monoisotopic (exact) mass is 231 g/mol. The van der Waals surface area contributed by atoms with E-state index in [2.05, 4.69) is 6.07 Å². The highest BCUT2D eigenvalue weighted by Crippen LogP contribution is 2.24. The van der Waals surface area contributed by atoms with E-state index < -0.39 is 0 Å². The van der Waals surface area contributed by atoms with Crippen molar-refractivity contribution in [2.24, 2.45) is 0 Å². The Kier molecular flexibility index (Phi) is 4.00. The van der Waals surface area contributed by atoms with Crippen molar-refractivity contribution < 1.29 is 9.84 Å². The highest BCUT2D eigenvalue weighted by atomic mass is 16.5. The van der Waals surface area contributed by atoms with Gasteiger partial charge in [0.2, 0.25) is 0 Å².